The van der Waals surface area contributed by atoms with Crippen molar-refractivity contribution in [1.29, 1.82) is 0 Å². The minimum atomic E-state index is -1.15. The average molecular weight is 559 g/mol. The highest BCUT2D eigenvalue weighted by atomic mass is 79.9. The van der Waals surface area contributed by atoms with E-state index < -0.39 is 23.3 Å². The number of carboxylic acid groups (broad SMARTS) is 1. The standard InChI is InChI=1S/C18H19BrN6O4S3/c1-7-12(19)8(2)24(23-7)4-11(26)20-13-15(27)25-14(17(28)29)10(5-30-16(13)25)6-31-18-22-21-9(3)32-18/h13,16H,4-6H2,1-3H3,(H,20,26)(H,28,29)/t13-,16+/m1/s1. The summed E-state index contributed by atoms with van der Waals surface area (Å²) in [6.07, 6.45) is 0. The fraction of sp³-hybridized carbons (Fsp3) is 0.444. The molecular weight excluding hydrogens is 540 g/mol. The number of aliphatic carboxylic acids is 1. The highest BCUT2D eigenvalue weighted by Crippen LogP contribution is 2.41. The maximum absolute atomic E-state index is 12.8. The van der Waals surface area contributed by atoms with Gasteiger partial charge in [-0.1, -0.05) is 23.1 Å². The van der Waals surface area contributed by atoms with Crippen LogP contribution in [0.25, 0.3) is 0 Å². The number of carbonyl (C=O) groups excluding carboxylic acids is 2. The Kier molecular flexibility index (Phi) is 6.66. The Balaban J connectivity index is 1.43. The molecule has 0 aliphatic carbocycles. The van der Waals surface area contributed by atoms with Crippen molar-refractivity contribution in [3.8, 4) is 0 Å². The summed E-state index contributed by atoms with van der Waals surface area (Å²) in [6.45, 7) is 5.51. The summed E-state index contributed by atoms with van der Waals surface area (Å²) < 4.78 is 3.16. The summed E-state index contributed by atoms with van der Waals surface area (Å²) in [7, 11) is 0. The molecule has 2 aromatic heterocycles. The van der Waals surface area contributed by atoms with E-state index in [-0.39, 0.29) is 18.1 Å². The first-order chi connectivity index (χ1) is 15.2. The van der Waals surface area contributed by atoms with Crippen LogP contribution in [0, 0.1) is 20.8 Å². The normalized spacial score (nSPS) is 20.2. The number of β-lactam (4-membered cyclic amide) rings is 1. The summed E-state index contributed by atoms with van der Waals surface area (Å²) in [5.74, 6) is -1.06. The molecule has 4 heterocycles. The van der Waals surface area contributed by atoms with Gasteiger partial charge in [0, 0.05) is 11.5 Å². The second kappa shape index (κ2) is 9.15. The van der Waals surface area contributed by atoms with Crippen LogP contribution < -0.4 is 5.32 Å². The van der Waals surface area contributed by atoms with E-state index in [1.165, 1.54) is 39.8 Å². The van der Waals surface area contributed by atoms with E-state index in [9.17, 15) is 19.5 Å². The molecule has 32 heavy (non-hydrogen) atoms. The third-order valence-corrected chi connectivity index (χ3v) is 9.58. The highest BCUT2D eigenvalue weighted by Gasteiger charge is 2.54. The number of rotatable bonds is 7. The van der Waals surface area contributed by atoms with Crippen LogP contribution in [0.4, 0.5) is 0 Å². The number of halogens is 1. The van der Waals surface area contributed by atoms with Crippen molar-refractivity contribution in [2.75, 3.05) is 11.5 Å². The largest absolute Gasteiger partial charge is 0.477 e. The Labute approximate surface area is 204 Å². The predicted octanol–water partition coefficient (Wildman–Crippen LogP) is 1.95. The molecule has 14 heteroatoms. The maximum atomic E-state index is 12.8. The Morgan fingerprint density at radius 1 is 1.31 bits per heavy atom. The van der Waals surface area contributed by atoms with E-state index in [1.807, 2.05) is 20.8 Å². The maximum Gasteiger partial charge on any atom is 0.352 e. The number of nitrogens with zero attached hydrogens (tertiary/aromatic N) is 5. The van der Waals surface area contributed by atoms with Gasteiger partial charge in [-0.25, -0.2) is 4.79 Å². The summed E-state index contributed by atoms with van der Waals surface area (Å²) >= 11 is 7.72. The van der Waals surface area contributed by atoms with Gasteiger partial charge in [0.15, 0.2) is 4.34 Å². The van der Waals surface area contributed by atoms with Gasteiger partial charge in [0.1, 0.15) is 28.7 Å². The third-order valence-electron chi connectivity index (χ3n) is 5.03. The molecule has 0 spiro atoms. The Bertz CT molecular complexity index is 1150. The van der Waals surface area contributed by atoms with Gasteiger partial charge < -0.3 is 10.4 Å². The van der Waals surface area contributed by atoms with Gasteiger partial charge in [0.25, 0.3) is 5.91 Å². The molecule has 1 fully saturated rings. The average Bonchev–Trinajstić information content (AvgIpc) is 3.27. The van der Waals surface area contributed by atoms with E-state index in [0.717, 1.165) is 25.2 Å². The molecule has 0 saturated carbocycles. The molecule has 0 unspecified atom stereocenters. The molecular formula is C18H19BrN6O4S3. The van der Waals surface area contributed by atoms with Crippen molar-refractivity contribution >= 4 is 68.6 Å². The first-order valence-electron chi connectivity index (χ1n) is 9.49. The van der Waals surface area contributed by atoms with Crippen LogP contribution >= 0.6 is 50.8 Å². The Morgan fingerprint density at radius 3 is 2.66 bits per heavy atom. The molecule has 2 aliphatic rings. The predicted molar refractivity (Wildman–Crippen MR) is 124 cm³/mol. The first-order valence-corrected chi connectivity index (χ1v) is 13.1. The molecule has 0 aromatic carbocycles. The zero-order chi connectivity index (χ0) is 23.2. The molecule has 2 aromatic rings. The first kappa shape index (κ1) is 23.3. The zero-order valence-corrected chi connectivity index (χ0v) is 21.3. The van der Waals surface area contributed by atoms with E-state index in [0.29, 0.717) is 17.1 Å². The van der Waals surface area contributed by atoms with Crippen molar-refractivity contribution < 1.29 is 19.5 Å². The van der Waals surface area contributed by atoms with Crippen LogP contribution in [-0.2, 0) is 20.9 Å². The van der Waals surface area contributed by atoms with Gasteiger partial charge >= 0.3 is 5.97 Å². The number of nitrogens with one attached hydrogen (secondary N) is 1. The summed E-state index contributed by atoms with van der Waals surface area (Å²) in [5.41, 5.74) is 2.24. The SMILES string of the molecule is Cc1nnc(SCC2=C(C(=O)O)N3C(=O)[C@@H](NC(=O)Cn4nc(C)c(Br)c4C)[C@@H]3SC2)s1. The van der Waals surface area contributed by atoms with E-state index in [1.54, 1.807) is 4.68 Å². The fourth-order valence-corrected chi connectivity index (χ4v) is 7.05. The quantitative estimate of drug-likeness (QED) is 0.386. The Morgan fingerprint density at radius 2 is 2.06 bits per heavy atom. The molecule has 2 aliphatic heterocycles. The lowest BCUT2D eigenvalue weighted by Crippen LogP contribution is -2.70. The number of thioether (sulfide) groups is 2. The van der Waals surface area contributed by atoms with Crippen LogP contribution in [0.3, 0.4) is 0 Å². The van der Waals surface area contributed by atoms with Gasteiger partial charge in [-0.2, -0.15) is 5.10 Å². The van der Waals surface area contributed by atoms with Crippen LogP contribution in [-0.4, -0.2) is 70.7 Å². The van der Waals surface area contributed by atoms with Gasteiger partial charge in [-0.05, 0) is 42.3 Å². The van der Waals surface area contributed by atoms with E-state index in [4.69, 9.17) is 0 Å². The van der Waals surface area contributed by atoms with Gasteiger partial charge in [0.05, 0.1) is 15.9 Å². The summed E-state index contributed by atoms with van der Waals surface area (Å²) in [5, 5.41) is 25.2. The van der Waals surface area contributed by atoms with Crippen LogP contribution in [0.2, 0.25) is 0 Å². The van der Waals surface area contributed by atoms with Crippen LogP contribution in [0.15, 0.2) is 20.1 Å². The van der Waals surface area contributed by atoms with Crippen molar-refractivity contribution in [1.82, 2.24) is 30.2 Å². The zero-order valence-electron chi connectivity index (χ0n) is 17.3. The molecule has 0 bridgehead atoms. The molecule has 1 saturated heterocycles. The molecule has 0 radical (unpaired) electrons. The van der Waals surface area contributed by atoms with Crippen molar-refractivity contribution in [3.63, 3.8) is 0 Å². The van der Waals surface area contributed by atoms with E-state index in [2.05, 4.69) is 36.5 Å². The number of carboxylic acids is 1. The number of aromatic nitrogens is 4. The second-order valence-electron chi connectivity index (χ2n) is 7.23. The van der Waals surface area contributed by atoms with Gasteiger partial charge in [0.2, 0.25) is 5.91 Å². The van der Waals surface area contributed by atoms with Gasteiger partial charge in [-0.15, -0.1) is 22.0 Å². The topological polar surface area (TPSA) is 130 Å². The number of aryl methyl sites for hydroxylation is 2. The molecule has 170 valence electrons. The number of hydrogen-bond acceptors (Lipinski definition) is 9. The third kappa shape index (κ3) is 4.32. The fourth-order valence-electron chi connectivity index (χ4n) is 3.46. The Hall–Kier alpha value is -1.90. The summed E-state index contributed by atoms with van der Waals surface area (Å²) in [4.78, 5) is 38.6. The van der Waals surface area contributed by atoms with Crippen molar-refractivity contribution in [3.05, 3.63) is 32.1 Å². The lowest BCUT2D eigenvalue weighted by Gasteiger charge is -2.49. The minimum absolute atomic E-state index is 0.000428. The van der Waals surface area contributed by atoms with Crippen LogP contribution in [0.5, 0.6) is 0 Å². The monoisotopic (exact) mass is 558 g/mol. The molecule has 2 N–H and O–H groups in total. The van der Waals surface area contributed by atoms with E-state index >= 15 is 0 Å². The molecule has 2 amide bonds. The smallest absolute Gasteiger partial charge is 0.352 e. The lowest BCUT2D eigenvalue weighted by atomic mass is 10.0. The molecule has 2 atom stereocenters. The minimum Gasteiger partial charge on any atom is -0.477 e. The second-order valence-corrected chi connectivity index (χ2v) is 11.5. The van der Waals surface area contributed by atoms with Crippen LogP contribution in [0.1, 0.15) is 16.4 Å². The molecule has 4 rings (SSSR count). The number of fused-ring (bicyclic) bond motifs is 1. The highest BCUT2D eigenvalue weighted by molar-refractivity contribution is 9.10. The summed E-state index contributed by atoms with van der Waals surface area (Å²) in [6, 6.07) is -0.762. The number of hydrogen-bond donors (Lipinski definition) is 2. The molecule has 10 nitrogen and oxygen atoms in total. The number of carbonyl (C=O) groups is 3. The van der Waals surface area contributed by atoms with Crippen molar-refractivity contribution in [2.24, 2.45) is 0 Å². The lowest BCUT2D eigenvalue weighted by molar-refractivity contribution is -0.150. The number of amides is 2. The van der Waals surface area contributed by atoms with Gasteiger partial charge in [-0.3, -0.25) is 19.2 Å². The van der Waals surface area contributed by atoms with Crippen molar-refractivity contribution in [2.45, 2.75) is 43.1 Å².